The molecule has 6 nitrogen and oxygen atoms in total. The molecule has 0 N–H and O–H groups in total. The van der Waals surface area contributed by atoms with E-state index in [0.717, 1.165) is 55.2 Å². The number of fused-ring (bicyclic) bond motifs is 7. The van der Waals surface area contributed by atoms with Crippen molar-refractivity contribution >= 4 is 65.4 Å². The van der Waals surface area contributed by atoms with Gasteiger partial charge in [0.25, 0.3) is 0 Å². The molecule has 284 valence electrons. The summed E-state index contributed by atoms with van der Waals surface area (Å²) in [6.45, 7) is 0. The molecule has 13 rings (SSSR count). The fraction of sp³-hybridized carbons (Fsp3) is 0. The maximum absolute atomic E-state index is 5.14. The summed E-state index contributed by atoms with van der Waals surface area (Å²) in [4.78, 5) is 15.3. The van der Waals surface area contributed by atoms with Gasteiger partial charge in [0, 0.05) is 38.4 Å². The Morgan fingerprint density at radius 1 is 0.295 bits per heavy atom. The summed E-state index contributed by atoms with van der Waals surface area (Å²) in [6.07, 6.45) is 0. The summed E-state index contributed by atoms with van der Waals surface area (Å²) in [6, 6.07) is 73.3. The monoisotopic (exact) mass is 778 g/mol. The molecule has 4 heterocycles. The van der Waals surface area contributed by atoms with Gasteiger partial charge in [-0.05, 0) is 76.5 Å². The van der Waals surface area contributed by atoms with Crippen molar-refractivity contribution < 1.29 is 0 Å². The van der Waals surface area contributed by atoms with E-state index in [0.29, 0.717) is 17.6 Å². The van der Waals surface area contributed by atoms with Crippen LogP contribution in [-0.4, -0.2) is 28.7 Å². The highest BCUT2D eigenvalue weighted by Gasteiger charge is 2.24. The minimum atomic E-state index is 0.582. The summed E-state index contributed by atoms with van der Waals surface area (Å²) < 4.78 is 7.07. The maximum atomic E-state index is 5.14. The SMILES string of the molecule is c1ccc(-c2nc(-c3ccccc3)nc(-n3c4ccccc4c4cc(-c5ccc6c7c5cccc7c5cccc7c5-n6c5ccccc5n7-c5ccccc5)ccc43)n2)cc1. The molecule has 0 bridgehead atoms. The summed E-state index contributed by atoms with van der Waals surface area (Å²) in [7, 11) is 0. The molecule has 0 saturated heterocycles. The van der Waals surface area contributed by atoms with Gasteiger partial charge in [-0.1, -0.05) is 152 Å². The number of para-hydroxylation sites is 5. The Labute approximate surface area is 350 Å². The minimum Gasteiger partial charge on any atom is -0.306 e. The van der Waals surface area contributed by atoms with Crippen molar-refractivity contribution in [3.63, 3.8) is 0 Å². The lowest BCUT2D eigenvalue weighted by Gasteiger charge is -2.27. The molecule has 11 aromatic rings. The zero-order valence-electron chi connectivity index (χ0n) is 32.8. The Hall–Kier alpha value is -8.35. The van der Waals surface area contributed by atoms with Gasteiger partial charge in [0.1, 0.15) is 0 Å². The average Bonchev–Trinajstić information content (AvgIpc) is 3.67. The predicted octanol–water partition coefficient (Wildman–Crippen LogP) is 13.6. The summed E-state index contributed by atoms with van der Waals surface area (Å²) in [5.41, 5.74) is 13.3. The number of rotatable bonds is 5. The largest absolute Gasteiger partial charge is 0.306 e. The molecule has 0 atom stereocenters. The Bertz CT molecular complexity index is 3750. The second kappa shape index (κ2) is 13.1. The number of nitrogens with zero attached hydrogens (tertiary/aromatic N) is 6. The molecule has 6 heteroatoms. The number of pyridine rings is 1. The second-order valence-electron chi connectivity index (χ2n) is 15.6. The standard InChI is InChI=1S/C55H34N6/c1-4-16-35(17-5-1)53-56-54(36-18-6-2-7-19-36)58-55(57-53)61-45-26-11-10-22-40(45)44-34-37(30-32-46(44)61)39-31-33-49-51-41(39)23-14-24-42(51)43-25-15-29-50-52(43)60(49)48-28-13-12-27-47(48)59(50)38-20-8-3-9-21-38/h1-34H. The lowest BCUT2D eigenvalue weighted by atomic mass is 9.92. The number of hydrogen-bond acceptors (Lipinski definition) is 3. The highest BCUT2D eigenvalue weighted by Crippen LogP contribution is 2.45. The van der Waals surface area contributed by atoms with E-state index in [9.17, 15) is 0 Å². The van der Waals surface area contributed by atoms with E-state index in [1.54, 1.807) is 0 Å². The smallest absolute Gasteiger partial charge is 0.238 e. The van der Waals surface area contributed by atoms with E-state index in [1.165, 1.54) is 43.8 Å². The van der Waals surface area contributed by atoms with E-state index >= 15 is 0 Å². The van der Waals surface area contributed by atoms with Gasteiger partial charge < -0.3 is 9.13 Å². The molecule has 0 aliphatic carbocycles. The predicted molar refractivity (Wildman–Crippen MR) is 250 cm³/mol. The Kier molecular flexibility index (Phi) is 7.21. The Morgan fingerprint density at radius 2 is 0.836 bits per heavy atom. The lowest BCUT2D eigenvalue weighted by Crippen LogP contribution is -2.11. The summed E-state index contributed by atoms with van der Waals surface area (Å²) in [5.74, 6) is 1.85. The first-order valence-corrected chi connectivity index (χ1v) is 20.6. The number of benzene rings is 9. The van der Waals surface area contributed by atoms with E-state index < -0.39 is 0 Å². The molecule has 2 aliphatic heterocycles. The second-order valence-corrected chi connectivity index (χ2v) is 15.6. The zero-order valence-corrected chi connectivity index (χ0v) is 32.8. The third-order valence-corrected chi connectivity index (χ3v) is 12.3. The van der Waals surface area contributed by atoms with Crippen LogP contribution in [-0.2, 0) is 0 Å². The minimum absolute atomic E-state index is 0.582. The molecular weight excluding hydrogens is 745 g/mol. The van der Waals surface area contributed by atoms with Crippen LogP contribution in [0.2, 0.25) is 0 Å². The molecule has 61 heavy (non-hydrogen) atoms. The third kappa shape index (κ3) is 5.00. The zero-order chi connectivity index (χ0) is 40.0. The molecule has 0 saturated carbocycles. The van der Waals surface area contributed by atoms with Crippen LogP contribution in [0.3, 0.4) is 0 Å². The van der Waals surface area contributed by atoms with Gasteiger partial charge in [0.05, 0.1) is 38.8 Å². The topological polar surface area (TPSA) is 53.5 Å². The van der Waals surface area contributed by atoms with Crippen LogP contribution < -0.4 is 0 Å². The van der Waals surface area contributed by atoms with Crippen LogP contribution in [0.4, 0.5) is 0 Å². The highest BCUT2D eigenvalue weighted by atomic mass is 15.2. The van der Waals surface area contributed by atoms with Crippen LogP contribution in [0.15, 0.2) is 206 Å². The summed E-state index contributed by atoms with van der Waals surface area (Å²) in [5, 5.41) is 7.21. The van der Waals surface area contributed by atoms with Crippen molar-refractivity contribution in [2.24, 2.45) is 0 Å². The molecule has 9 aromatic carbocycles. The first-order valence-electron chi connectivity index (χ1n) is 20.6. The van der Waals surface area contributed by atoms with E-state index in [2.05, 4.69) is 159 Å². The van der Waals surface area contributed by atoms with E-state index in [4.69, 9.17) is 15.0 Å². The molecular formula is C55H34N6. The van der Waals surface area contributed by atoms with Gasteiger partial charge in [0.15, 0.2) is 11.6 Å². The van der Waals surface area contributed by atoms with E-state index in [-0.39, 0.29) is 0 Å². The van der Waals surface area contributed by atoms with Gasteiger partial charge >= 0.3 is 0 Å². The molecule has 2 aliphatic rings. The van der Waals surface area contributed by atoms with Gasteiger partial charge in [-0.2, -0.15) is 9.97 Å². The molecule has 0 amide bonds. The highest BCUT2D eigenvalue weighted by molar-refractivity contribution is 6.23. The van der Waals surface area contributed by atoms with E-state index in [1.807, 2.05) is 60.7 Å². The number of aromatic nitrogens is 6. The summed E-state index contributed by atoms with van der Waals surface area (Å²) >= 11 is 0. The third-order valence-electron chi connectivity index (χ3n) is 12.3. The van der Waals surface area contributed by atoms with Gasteiger partial charge in [-0.25, -0.2) is 4.98 Å². The van der Waals surface area contributed by atoms with Crippen LogP contribution in [0.1, 0.15) is 0 Å². The molecule has 0 fully saturated rings. The molecule has 0 radical (unpaired) electrons. The normalized spacial score (nSPS) is 11.9. The fourth-order valence-corrected chi connectivity index (χ4v) is 9.67. The van der Waals surface area contributed by atoms with Crippen LogP contribution in [0, 0.1) is 0 Å². The van der Waals surface area contributed by atoms with Crippen LogP contribution in [0.5, 0.6) is 0 Å². The first-order chi connectivity index (χ1) is 30.3. The maximum Gasteiger partial charge on any atom is 0.238 e. The molecule has 0 unspecified atom stereocenters. The fourth-order valence-electron chi connectivity index (χ4n) is 9.67. The quantitative estimate of drug-likeness (QED) is 0.129. The molecule has 2 aromatic heterocycles. The van der Waals surface area contributed by atoms with Gasteiger partial charge in [-0.15, -0.1) is 0 Å². The van der Waals surface area contributed by atoms with Crippen molar-refractivity contribution in [1.29, 1.82) is 0 Å². The van der Waals surface area contributed by atoms with Crippen LogP contribution >= 0.6 is 0 Å². The van der Waals surface area contributed by atoms with Crippen molar-refractivity contribution in [3.05, 3.63) is 206 Å². The van der Waals surface area contributed by atoms with Crippen molar-refractivity contribution in [2.75, 3.05) is 0 Å². The number of hydrogen-bond donors (Lipinski definition) is 0. The van der Waals surface area contributed by atoms with Gasteiger partial charge in [0.2, 0.25) is 5.95 Å². The van der Waals surface area contributed by atoms with Crippen molar-refractivity contribution in [2.45, 2.75) is 0 Å². The Morgan fingerprint density at radius 3 is 1.57 bits per heavy atom. The average molecular weight is 779 g/mol. The lowest BCUT2D eigenvalue weighted by molar-refractivity contribution is 0.953. The van der Waals surface area contributed by atoms with Gasteiger partial charge in [-0.3, -0.25) is 4.57 Å². The molecule has 0 spiro atoms. The van der Waals surface area contributed by atoms with Crippen molar-refractivity contribution in [3.8, 4) is 51.2 Å². The Balaban J connectivity index is 1.05. The first kappa shape index (κ1) is 33.6. The van der Waals surface area contributed by atoms with Crippen molar-refractivity contribution in [1.82, 2.24) is 28.7 Å². The van der Waals surface area contributed by atoms with Crippen LogP contribution in [0.25, 0.3) is 117 Å².